The van der Waals surface area contributed by atoms with Crippen LogP contribution >= 0.6 is 0 Å². The van der Waals surface area contributed by atoms with Crippen LogP contribution in [0.2, 0.25) is 0 Å². The summed E-state index contributed by atoms with van der Waals surface area (Å²) < 4.78 is 2.34. The van der Waals surface area contributed by atoms with Gasteiger partial charge in [-0.25, -0.2) is 0 Å². The summed E-state index contributed by atoms with van der Waals surface area (Å²) in [6.45, 7) is 7.62. The SMILES string of the molecule is CNCc1c(C(C)C)n(C)c2ccc(C)cc12. The largest absolute Gasteiger partial charge is 0.347 e. The molecule has 2 heteroatoms. The van der Waals surface area contributed by atoms with Crippen molar-refractivity contribution in [3.05, 3.63) is 35.0 Å². The zero-order valence-corrected chi connectivity index (χ0v) is 11.5. The fourth-order valence-corrected chi connectivity index (χ4v) is 2.75. The highest BCUT2D eigenvalue weighted by molar-refractivity contribution is 5.86. The Morgan fingerprint density at radius 1 is 1.29 bits per heavy atom. The zero-order valence-electron chi connectivity index (χ0n) is 11.5. The molecule has 0 saturated carbocycles. The minimum Gasteiger partial charge on any atom is -0.347 e. The predicted octanol–water partition coefficient (Wildman–Crippen LogP) is 3.33. The maximum atomic E-state index is 3.29. The number of nitrogens with one attached hydrogen (secondary N) is 1. The van der Waals surface area contributed by atoms with Crippen molar-refractivity contribution < 1.29 is 0 Å². The van der Waals surface area contributed by atoms with Gasteiger partial charge >= 0.3 is 0 Å². The standard InChI is InChI=1S/C15H22N2/c1-10(2)15-13(9-16-4)12-8-11(3)6-7-14(12)17(15)5/h6-8,10,16H,9H2,1-5H3. The molecule has 0 saturated heterocycles. The van der Waals surface area contributed by atoms with E-state index in [0.29, 0.717) is 5.92 Å². The summed E-state index contributed by atoms with van der Waals surface area (Å²) in [4.78, 5) is 0. The fraction of sp³-hybridized carbons (Fsp3) is 0.467. The van der Waals surface area contributed by atoms with Crippen LogP contribution < -0.4 is 5.32 Å². The second kappa shape index (κ2) is 4.53. The number of benzene rings is 1. The average molecular weight is 230 g/mol. The molecule has 1 N–H and O–H groups in total. The van der Waals surface area contributed by atoms with Crippen molar-refractivity contribution in [3.8, 4) is 0 Å². The Morgan fingerprint density at radius 2 is 2.00 bits per heavy atom. The Kier molecular flexibility index (Phi) is 3.25. The average Bonchev–Trinajstić information content (AvgIpc) is 2.52. The van der Waals surface area contributed by atoms with E-state index in [2.05, 4.69) is 55.9 Å². The predicted molar refractivity (Wildman–Crippen MR) is 74.5 cm³/mol. The first kappa shape index (κ1) is 12.2. The van der Waals surface area contributed by atoms with Crippen molar-refractivity contribution in [1.29, 1.82) is 0 Å². The molecule has 2 aromatic rings. The van der Waals surface area contributed by atoms with Crippen LogP contribution in [0.25, 0.3) is 10.9 Å². The van der Waals surface area contributed by atoms with Gasteiger partial charge in [0, 0.05) is 30.2 Å². The highest BCUT2D eigenvalue weighted by Gasteiger charge is 2.16. The summed E-state index contributed by atoms with van der Waals surface area (Å²) in [5.74, 6) is 0.552. The molecule has 0 spiro atoms. The lowest BCUT2D eigenvalue weighted by molar-refractivity contribution is 0.719. The van der Waals surface area contributed by atoms with Crippen molar-refractivity contribution in [2.45, 2.75) is 33.2 Å². The Morgan fingerprint density at radius 3 is 2.59 bits per heavy atom. The first-order valence-electron chi connectivity index (χ1n) is 6.28. The summed E-state index contributed by atoms with van der Waals surface area (Å²) in [6.07, 6.45) is 0. The monoisotopic (exact) mass is 230 g/mol. The van der Waals surface area contributed by atoms with E-state index >= 15 is 0 Å². The van der Waals surface area contributed by atoms with Gasteiger partial charge in [-0.3, -0.25) is 0 Å². The number of aryl methyl sites for hydroxylation is 2. The molecule has 0 unspecified atom stereocenters. The Labute approximate surface area is 104 Å². The Hall–Kier alpha value is -1.28. The third-order valence-corrected chi connectivity index (χ3v) is 3.41. The molecule has 92 valence electrons. The van der Waals surface area contributed by atoms with E-state index in [0.717, 1.165) is 6.54 Å². The topological polar surface area (TPSA) is 17.0 Å². The molecule has 0 aliphatic carbocycles. The third kappa shape index (κ3) is 1.98. The van der Waals surface area contributed by atoms with E-state index in [9.17, 15) is 0 Å². The van der Waals surface area contributed by atoms with Gasteiger partial charge in [-0.15, -0.1) is 0 Å². The van der Waals surface area contributed by atoms with Crippen LogP contribution in [0.4, 0.5) is 0 Å². The molecule has 0 aliphatic rings. The van der Waals surface area contributed by atoms with E-state index in [4.69, 9.17) is 0 Å². The molecule has 0 radical (unpaired) electrons. The number of nitrogens with zero attached hydrogens (tertiary/aromatic N) is 1. The normalized spacial score (nSPS) is 11.6. The molecule has 0 aliphatic heterocycles. The number of hydrogen-bond acceptors (Lipinski definition) is 1. The van der Waals surface area contributed by atoms with Crippen LogP contribution in [0.3, 0.4) is 0 Å². The van der Waals surface area contributed by atoms with Crippen molar-refractivity contribution in [3.63, 3.8) is 0 Å². The highest BCUT2D eigenvalue weighted by atomic mass is 15.0. The Balaban J connectivity index is 2.78. The molecule has 1 aromatic carbocycles. The minimum atomic E-state index is 0.552. The van der Waals surface area contributed by atoms with Crippen LogP contribution in [0, 0.1) is 6.92 Å². The summed E-state index contributed by atoms with van der Waals surface area (Å²) in [7, 11) is 4.19. The van der Waals surface area contributed by atoms with Crippen LogP contribution in [-0.4, -0.2) is 11.6 Å². The van der Waals surface area contributed by atoms with Gasteiger partial charge in [0.05, 0.1) is 0 Å². The van der Waals surface area contributed by atoms with Crippen molar-refractivity contribution in [2.24, 2.45) is 7.05 Å². The molecule has 0 amide bonds. The molecule has 0 atom stereocenters. The quantitative estimate of drug-likeness (QED) is 0.856. The molecule has 1 aromatic heterocycles. The molecule has 1 heterocycles. The summed E-state index contributed by atoms with van der Waals surface area (Å²) >= 11 is 0. The van der Waals surface area contributed by atoms with E-state index in [1.54, 1.807) is 0 Å². The maximum Gasteiger partial charge on any atom is 0.0483 e. The molecule has 0 fully saturated rings. The Bertz CT molecular complexity index is 535. The lowest BCUT2D eigenvalue weighted by atomic mass is 10.0. The van der Waals surface area contributed by atoms with E-state index < -0.39 is 0 Å². The second-order valence-corrected chi connectivity index (χ2v) is 5.13. The van der Waals surface area contributed by atoms with E-state index in [1.807, 2.05) is 7.05 Å². The summed E-state index contributed by atoms with van der Waals surface area (Å²) in [5, 5.41) is 4.68. The van der Waals surface area contributed by atoms with Crippen LogP contribution in [0.5, 0.6) is 0 Å². The molecular formula is C15H22N2. The fourth-order valence-electron chi connectivity index (χ4n) is 2.75. The lowest BCUT2D eigenvalue weighted by Gasteiger charge is -2.11. The van der Waals surface area contributed by atoms with Gasteiger partial charge in [0.25, 0.3) is 0 Å². The van der Waals surface area contributed by atoms with Crippen LogP contribution in [0.15, 0.2) is 18.2 Å². The molecule has 2 rings (SSSR count). The smallest absolute Gasteiger partial charge is 0.0483 e. The van der Waals surface area contributed by atoms with Gasteiger partial charge in [0.1, 0.15) is 0 Å². The third-order valence-electron chi connectivity index (χ3n) is 3.41. The van der Waals surface area contributed by atoms with Gasteiger partial charge in [0.15, 0.2) is 0 Å². The van der Waals surface area contributed by atoms with Crippen molar-refractivity contribution in [1.82, 2.24) is 9.88 Å². The van der Waals surface area contributed by atoms with Gasteiger partial charge in [0.2, 0.25) is 0 Å². The maximum absolute atomic E-state index is 3.29. The van der Waals surface area contributed by atoms with Crippen molar-refractivity contribution in [2.75, 3.05) is 7.05 Å². The summed E-state index contributed by atoms with van der Waals surface area (Å²) in [6, 6.07) is 6.72. The molecule has 17 heavy (non-hydrogen) atoms. The highest BCUT2D eigenvalue weighted by Crippen LogP contribution is 2.30. The lowest BCUT2D eigenvalue weighted by Crippen LogP contribution is -2.09. The zero-order chi connectivity index (χ0) is 12.6. The first-order valence-corrected chi connectivity index (χ1v) is 6.28. The first-order chi connectivity index (χ1) is 8.06. The van der Waals surface area contributed by atoms with E-state index in [1.165, 1.54) is 27.7 Å². The summed E-state index contributed by atoms with van der Waals surface area (Å²) in [5.41, 5.74) is 5.56. The van der Waals surface area contributed by atoms with Gasteiger partial charge < -0.3 is 9.88 Å². The molecule has 0 bridgehead atoms. The number of fused-ring (bicyclic) bond motifs is 1. The minimum absolute atomic E-state index is 0.552. The van der Waals surface area contributed by atoms with Gasteiger partial charge in [-0.2, -0.15) is 0 Å². The number of aromatic nitrogens is 1. The second-order valence-electron chi connectivity index (χ2n) is 5.13. The number of hydrogen-bond donors (Lipinski definition) is 1. The van der Waals surface area contributed by atoms with Gasteiger partial charge in [-0.05, 0) is 37.6 Å². The van der Waals surface area contributed by atoms with E-state index in [-0.39, 0.29) is 0 Å². The number of rotatable bonds is 3. The molecule has 2 nitrogen and oxygen atoms in total. The molecular weight excluding hydrogens is 208 g/mol. The van der Waals surface area contributed by atoms with Gasteiger partial charge in [-0.1, -0.05) is 25.5 Å². The van der Waals surface area contributed by atoms with Crippen molar-refractivity contribution >= 4 is 10.9 Å². The van der Waals surface area contributed by atoms with Crippen LogP contribution in [-0.2, 0) is 13.6 Å². The van der Waals surface area contributed by atoms with Crippen LogP contribution in [0.1, 0.15) is 36.6 Å².